The Morgan fingerprint density at radius 2 is 1.38 bits per heavy atom. The van der Waals surface area contributed by atoms with E-state index in [1.165, 1.54) is 0 Å². The first-order chi connectivity index (χ1) is 16.5. The summed E-state index contributed by atoms with van der Waals surface area (Å²) >= 11 is 0. The summed E-state index contributed by atoms with van der Waals surface area (Å²) in [6.07, 6.45) is 0. The van der Waals surface area contributed by atoms with Crippen molar-refractivity contribution in [2.75, 3.05) is 20.8 Å². The van der Waals surface area contributed by atoms with Crippen LogP contribution in [0.3, 0.4) is 0 Å². The van der Waals surface area contributed by atoms with Gasteiger partial charge in [-0.2, -0.15) is 0 Å². The van der Waals surface area contributed by atoms with Crippen molar-refractivity contribution in [2.24, 2.45) is 0 Å². The highest BCUT2D eigenvalue weighted by molar-refractivity contribution is 6.11. The molecule has 0 unspecified atom stereocenters. The molecule has 0 radical (unpaired) electrons. The van der Waals surface area contributed by atoms with Gasteiger partial charge in [0.25, 0.3) is 5.91 Å². The summed E-state index contributed by atoms with van der Waals surface area (Å²) in [5, 5.41) is 5.59. The predicted molar refractivity (Wildman–Crippen MR) is 125 cm³/mol. The zero-order chi connectivity index (χ0) is 24.1. The average Bonchev–Trinajstić information content (AvgIpc) is 3.13. The fourth-order valence-corrected chi connectivity index (χ4v) is 3.96. The zero-order valence-electron chi connectivity index (χ0n) is 18.9. The van der Waals surface area contributed by atoms with Crippen molar-refractivity contribution < 1.29 is 23.9 Å². The Morgan fingerprint density at radius 1 is 0.853 bits per heavy atom. The highest BCUT2D eigenvalue weighted by atomic mass is 16.5. The van der Waals surface area contributed by atoms with Crippen LogP contribution in [0.2, 0.25) is 0 Å². The van der Waals surface area contributed by atoms with Crippen molar-refractivity contribution in [2.45, 2.75) is 12.1 Å². The van der Waals surface area contributed by atoms with E-state index in [0.29, 0.717) is 29.2 Å². The van der Waals surface area contributed by atoms with Gasteiger partial charge >= 0.3 is 6.03 Å². The molecular weight excluding hydrogens is 434 g/mol. The van der Waals surface area contributed by atoms with Crippen molar-refractivity contribution >= 4 is 17.8 Å². The maximum Gasteiger partial charge on any atom is 0.326 e. The Kier molecular flexibility index (Phi) is 6.49. The van der Waals surface area contributed by atoms with Crippen LogP contribution in [0, 0.1) is 0 Å². The fraction of sp³-hybridized carbons (Fsp3) is 0.192. The van der Waals surface area contributed by atoms with Gasteiger partial charge in [0, 0.05) is 6.54 Å². The first-order valence-corrected chi connectivity index (χ1v) is 10.7. The number of methoxy groups -OCH3 is 2. The quantitative estimate of drug-likeness (QED) is 0.505. The Bertz CT molecular complexity index is 1130. The molecule has 174 valence electrons. The molecule has 8 nitrogen and oxygen atoms in total. The van der Waals surface area contributed by atoms with E-state index in [2.05, 4.69) is 10.6 Å². The molecule has 1 aliphatic rings. The molecule has 3 aromatic carbocycles. The number of nitrogens with one attached hydrogen (secondary N) is 2. The molecule has 3 aromatic rings. The molecular formula is C26H25N3O5. The lowest BCUT2D eigenvalue weighted by atomic mass is 9.82. The summed E-state index contributed by atoms with van der Waals surface area (Å²) in [6, 6.07) is 22.5. The zero-order valence-corrected chi connectivity index (χ0v) is 18.9. The molecule has 0 aromatic heterocycles. The molecule has 0 saturated carbocycles. The molecule has 4 amide bonds. The maximum atomic E-state index is 13.8. The third-order valence-electron chi connectivity index (χ3n) is 5.79. The Balaban J connectivity index is 1.63. The summed E-state index contributed by atoms with van der Waals surface area (Å²) < 4.78 is 10.5. The van der Waals surface area contributed by atoms with Gasteiger partial charge in [-0.25, -0.2) is 4.79 Å². The van der Waals surface area contributed by atoms with Crippen LogP contribution in [-0.2, 0) is 21.7 Å². The van der Waals surface area contributed by atoms with Crippen LogP contribution in [-0.4, -0.2) is 43.5 Å². The number of carbonyl (C=O) groups excluding carboxylic acids is 3. The van der Waals surface area contributed by atoms with E-state index in [1.807, 2.05) is 30.3 Å². The van der Waals surface area contributed by atoms with Gasteiger partial charge in [0.1, 0.15) is 18.0 Å². The predicted octanol–water partition coefficient (Wildman–Crippen LogP) is 2.82. The molecule has 4 rings (SSSR count). The van der Waals surface area contributed by atoms with Gasteiger partial charge in [0.15, 0.2) is 5.54 Å². The lowest BCUT2D eigenvalue weighted by molar-refractivity contribution is -0.134. The fourth-order valence-electron chi connectivity index (χ4n) is 3.96. The van der Waals surface area contributed by atoms with Crippen molar-refractivity contribution in [1.82, 2.24) is 15.5 Å². The van der Waals surface area contributed by atoms with Crippen LogP contribution in [0.25, 0.3) is 0 Å². The van der Waals surface area contributed by atoms with Crippen LogP contribution in [0.5, 0.6) is 11.5 Å². The molecule has 0 atom stereocenters. The maximum absolute atomic E-state index is 13.8. The number of ether oxygens (including phenoxy) is 2. The standard InChI is InChI=1S/C26H25N3O5/c1-33-21-12-8-19(9-13-21)26(20-10-14-22(34-2)15-11-20)24(31)29(25(32)28-26)17-23(30)27-16-18-6-4-3-5-7-18/h3-15H,16-17H2,1-2H3,(H,27,30)(H,28,32). The number of urea groups is 1. The van der Waals surface area contributed by atoms with Gasteiger partial charge in [0.2, 0.25) is 5.91 Å². The molecule has 1 fully saturated rings. The van der Waals surface area contributed by atoms with Gasteiger partial charge < -0.3 is 20.1 Å². The van der Waals surface area contributed by atoms with Crippen LogP contribution in [0.15, 0.2) is 78.9 Å². The molecule has 1 heterocycles. The molecule has 1 aliphatic heterocycles. The molecule has 0 aliphatic carbocycles. The van der Waals surface area contributed by atoms with E-state index in [-0.39, 0.29) is 0 Å². The summed E-state index contributed by atoms with van der Waals surface area (Å²) in [5.41, 5.74) is 0.516. The second kappa shape index (κ2) is 9.66. The summed E-state index contributed by atoms with van der Waals surface area (Å²) in [6.45, 7) is -0.100. The van der Waals surface area contributed by atoms with Crippen molar-refractivity contribution in [3.63, 3.8) is 0 Å². The largest absolute Gasteiger partial charge is 0.497 e. The normalized spacial score (nSPS) is 14.5. The van der Waals surface area contributed by atoms with Gasteiger partial charge in [-0.1, -0.05) is 54.6 Å². The minimum atomic E-state index is -1.49. The molecule has 0 spiro atoms. The van der Waals surface area contributed by atoms with E-state index in [1.54, 1.807) is 62.8 Å². The topological polar surface area (TPSA) is 97.0 Å². The Hall–Kier alpha value is -4.33. The van der Waals surface area contributed by atoms with Gasteiger partial charge in [-0.15, -0.1) is 0 Å². The number of carbonyl (C=O) groups is 3. The number of nitrogens with zero attached hydrogens (tertiary/aromatic N) is 1. The molecule has 1 saturated heterocycles. The SMILES string of the molecule is COc1ccc(C2(c3ccc(OC)cc3)NC(=O)N(CC(=O)NCc3ccccc3)C2=O)cc1. The van der Waals surface area contributed by atoms with Gasteiger partial charge in [-0.3, -0.25) is 14.5 Å². The van der Waals surface area contributed by atoms with Crippen LogP contribution in [0.4, 0.5) is 4.79 Å². The second-order valence-electron chi connectivity index (χ2n) is 7.79. The lowest BCUT2D eigenvalue weighted by Crippen LogP contribution is -2.46. The third kappa shape index (κ3) is 4.30. The highest BCUT2D eigenvalue weighted by Crippen LogP contribution is 2.37. The lowest BCUT2D eigenvalue weighted by Gasteiger charge is -2.28. The smallest absolute Gasteiger partial charge is 0.326 e. The molecule has 2 N–H and O–H groups in total. The minimum absolute atomic E-state index is 0.297. The first-order valence-electron chi connectivity index (χ1n) is 10.7. The Labute approximate surface area is 197 Å². The summed E-state index contributed by atoms with van der Waals surface area (Å²) in [4.78, 5) is 40.3. The number of hydrogen-bond donors (Lipinski definition) is 2. The van der Waals surface area contributed by atoms with E-state index in [4.69, 9.17) is 9.47 Å². The van der Waals surface area contributed by atoms with Crippen molar-refractivity contribution in [1.29, 1.82) is 0 Å². The van der Waals surface area contributed by atoms with E-state index >= 15 is 0 Å². The monoisotopic (exact) mass is 459 g/mol. The van der Waals surface area contributed by atoms with E-state index in [9.17, 15) is 14.4 Å². The van der Waals surface area contributed by atoms with Crippen LogP contribution in [0.1, 0.15) is 16.7 Å². The summed E-state index contributed by atoms with van der Waals surface area (Å²) in [7, 11) is 3.10. The van der Waals surface area contributed by atoms with E-state index in [0.717, 1.165) is 10.5 Å². The molecule has 0 bridgehead atoms. The second-order valence-corrected chi connectivity index (χ2v) is 7.79. The summed E-state index contributed by atoms with van der Waals surface area (Å²) in [5.74, 6) is 0.250. The Morgan fingerprint density at radius 3 is 1.88 bits per heavy atom. The van der Waals surface area contributed by atoms with Crippen molar-refractivity contribution in [3.8, 4) is 11.5 Å². The number of benzene rings is 3. The number of imide groups is 1. The minimum Gasteiger partial charge on any atom is -0.497 e. The van der Waals surface area contributed by atoms with Crippen molar-refractivity contribution in [3.05, 3.63) is 95.6 Å². The number of rotatable bonds is 8. The average molecular weight is 460 g/mol. The highest BCUT2D eigenvalue weighted by Gasteiger charge is 2.54. The number of hydrogen-bond acceptors (Lipinski definition) is 5. The molecule has 34 heavy (non-hydrogen) atoms. The van der Waals surface area contributed by atoms with Crippen LogP contribution < -0.4 is 20.1 Å². The van der Waals surface area contributed by atoms with Crippen LogP contribution >= 0.6 is 0 Å². The van der Waals surface area contributed by atoms with Gasteiger partial charge in [0.05, 0.1) is 14.2 Å². The van der Waals surface area contributed by atoms with E-state index < -0.39 is 29.9 Å². The third-order valence-corrected chi connectivity index (χ3v) is 5.79. The number of amides is 4. The molecule has 8 heteroatoms. The van der Waals surface area contributed by atoms with Gasteiger partial charge in [-0.05, 0) is 41.0 Å². The first kappa shape index (κ1) is 22.8.